The minimum atomic E-state index is 0.490. The van der Waals surface area contributed by atoms with Crippen LogP contribution in [-0.4, -0.2) is 23.5 Å². The number of nitrogens with zero attached hydrogens (tertiary/aromatic N) is 1. The van der Waals surface area contributed by atoms with Gasteiger partial charge >= 0.3 is 0 Å². The normalized spacial score (nSPS) is 30.0. The molecule has 2 nitrogen and oxygen atoms in total. The molecule has 0 atom stereocenters. The van der Waals surface area contributed by atoms with Gasteiger partial charge in [0.1, 0.15) is 0 Å². The Balaban J connectivity index is 1.49. The summed E-state index contributed by atoms with van der Waals surface area (Å²) in [5.74, 6) is 2.68. The van der Waals surface area contributed by atoms with E-state index in [1.165, 1.54) is 69.9 Å². The SMILES string of the molecule is CC(C)CN(Cc1ccccc1)C1CCC(CC2CCC(N)CC2)CC1. The van der Waals surface area contributed by atoms with Crippen LogP contribution in [0.4, 0.5) is 0 Å². The van der Waals surface area contributed by atoms with Gasteiger partial charge in [0.2, 0.25) is 0 Å². The highest BCUT2D eigenvalue weighted by molar-refractivity contribution is 5.14. The highest BCUT2D eigenvalue weighted by atomic mass is 15.2. The summed E-state index contributed by atoms with van der Waals surface area (Å²) in [7, 11) is 0. The van der Waals surface area contributed by atoms with E-state index in [1.807, 2.05) is 0 Å². The Morgan fingerprint density at radius 1 is 0.885 bits per heavy atom. The Hall–Kier alpha value is -0.860. The van der Waals surface area contributed by atoms with Crippen molar-refractivity contribution in [3.63, 3.8) is 0 Å². The Morgan fingerprint density at radius 2 is 1.46 bits per heavy atom. The first-order chi connectivity index (χ1) is 12.6. The Bertz CT molecular complexity index is 496. The molecule has 0 aliphatic heterocycles. The van der Waals surface area contributed by atoms with Gasteiger partial charge in [0, 0.05) is 25.2 Å². The van der Waals surface area contributed by atoms with Crippen LogP contribution in [0.25, 0.3) is 0 Å². The average molecular weight is 357 g/mol. The molecule has 146 valence electrons. The van der Waals surface area contributed by atoms with Crippen molar-refractivity contribution in [3.05, 3.63) is 35.9 Å². The van der Waals surface area contributed by atoms with Gasteiger partial charge in [-0.3, -0.25) is 4.90 Å². The van der Waals surface area contributed by atoms with E-state index >= 15 is 0 Å². The zero-order chi connectivity index (χ0) is 18.4. The van der Waals surface area contributed by atoms with Crippen LogP contribution in [0.15, 0.2) is 30.3 Å². The fourth-order valence-corrected chi connectivity index (χ4v) is 5.27. The molecule has 0 saturated heterocycles. The van der Waals surface area contributed by atoms with E-state index in [9.17, 15) is 0 Å². The summed E-state index contributed by atoms with van der Waals surface area (Å²) in [4.78, 5) is 2.77. The third-order valence-electron chi connectivity index (χ3n) is 6.72. The van der Waals surface area contributed by atoms with Crippen LogP contribution >= 0.6 is 0 Å². The zero-order valence-corrected chi connectivity index (χ0v) is 17.1. The third kappa shape index (κ3) is 6.09. The van der Waals surface area contributed by atoms with Gasteiger partial charge in [0.25, 0.3) is 0 Å². The molecule has 3 rings (SSSR count). The van der Waals surface area contributed by atoms with Gasteiger partial charge in [-0.1, -0.05) is 44.2 Å². The second kappa shape index (κ2) is 9.90. The number of nitrogens with two attached hydrogens (primary N) is 1. The van der Waals surface area contributed by atoms with Crippen molar-refractivity contribution in [1.82, 2.24) is 4.90 Å². The monoisotopic (exact) mass is 356 g/mol. The second-order valence-electron chi connectivity index (χ2n) is 9.50. The largest absolute Gasteiger partial charge is 0.328 e. The molecule has 26 heavy (non-hydrogen) atoms. The molecule has 1 aromatic rings. The summed E-state index contributed by atoms with van der Waals surface area (Å²) >= 11 is 0. The van der Waals surface area contributed by atoms with E-state index in [-0.39, 0.29) is 0 Å². The van der Waals surface area contributed by atoms with E-state index in [4.69, 9.17) is 5.73 Å². The van der Waals surface area contributed by atoms with Gasteiger partial charge in [0.05, 0.1) is 0 Å². The van der Waals surface area contributed by atoms with Crippen molar-refractivity contribution < 1.29 is 0 Å². The van der Waals surface area contributed by atoms with Gasteiger partial charge < -0.3 is 5.73 Å². The van der Waals surface area contributed by atoms with Crippen molar-refractivity contribution >= 4 is 0 Å². The molecule has 2 N–H and O–H groups in total. The van der Waals surface area contributed by atoms with Crippen molar-refractivity contribution in [1.29, 1.82) is 0 Å². The first kappa shape index (κ1) is 19.9. The molecule has 0 radical (unpaired) electrons. The van der Waals surface area contributed by atoms with E-state index in [2.05, 4.69) is 49.1 Å². The molecular formula is C24H40N2. The lowest BCUT2D eigenvalue weighted by Gasteiger charge is -2.39. The van der Waals surface area contributed by atoms with E-state index in [0.717, 1.165) is 30.3 Å². The molecule has 0 bridgehead atoms. The van der Waals surface area contributed by atoms with Gasteiger partial charge in [-0.15, -0.1) is 0 Å². The number of rotatable bonds is 7. The lowest BCUT2D eigenvalue weighted by Crippen LogP contribution is -2.40. The topological polar surface area (TPSA) is 29.3 Å². The van der Waals surface area contributed by atoms with Crippen LogP contribution in [-0.2, 0) is 6.54 Å². The highest BCUT2D eigenvalue weighted by Crippen LogP contribution is 2.36. The van der Waals surface area contributed by atoms with E-state index in [1.54, 1.807) is 0 Å². The maximum absolute atomic E-state index is 6.08. The first-order valence-corrected chi connectivity index (χ1v) is 11.1. The van der Waals surface area contributed by atoms with Crippen LogP contribution in [0, 0.1) is 17.8 Å². The Morgan fingerprint density at radius 3 is 2.04 bits per heavy atom. The quantitative estimate of drug-likeness (QED) is 0.688. The molecule has 0 aromatic heterocycles. The van der Waals surface area contributed by atoms with Gasteiger partial charge in [-0.2, -0.15) is 0 Å². The molecule has 0 unspecified atom stereocenters. The average Bonchev–Trinajstić information content (AvgIpc) is 2.64. The summed E-state index contributed by atoms with van der Waals surface area (Å²) in [6.45, 7) is 7.06. The van der Waals surface area contributed by atoms with Gasteiger partial charge in [-0.05, 0) is 81.1 Å². The first-order valence-electron chi connectivity index (χ1n) is 11.1. The molecule has 0 amide bonds. The van der Waals surface area contributed by atoms with Crippen LogP contribution in [0.3, 0.4) is 0 Å². The molecule has 2 aliphatic carbocycles. The lowest BCUT2D eigenvalue weighted by atomic mass is 9.75. The lowest BCUT2D eigenvalue weighted by molar-refractivity contribution is 0.106. The van der Waals surface area contributed by atoms with Crippen LogP contribution in [0.2, 0.25) is 0 Å². The molecular weight excluding hydrogens is 316 g/mol. The summed E-state index contributed by atoms with van der Waals surface area (Å²) in [6.07, 6.45) is 12.4. The number of hydrogen-bond acceptors (Lipinski definition) is 2. The molecule has 2 heteroatoms. The van der Waals surface area contributed by atoms with Gasteiger partial charge in [0.15, 0.2) is 0 Å². The second-order valence-corrected chi connectivity index (χ2v) is 9.50. The third-order valence-corrected chi connectivity index (χ3v) is 6.72. The molecule has 2 fully saturated rings. The van der Waals surface area contributed by atoms with Gasteiger partial charge in [-0.25, -0.2) is 0 Å². The van der Waals surface area contributed by atoms with E-state index < -0.39 is 0 Å². The summed E-state index contributed by atoms with van der Waals surface area (Å²) in [5.41, 5.74) is 7.55. The fourth-order valence-electron chi connectivity index (χ4n) is 5.27. The maximum atomic E-state index is 6.08. The molecule has 2 aliphatic rings. The Kier molecular flexibility index (Phi) is 7.57. The summed E-state index contributed by atoms with van der Waals surface area (Å²) < 4.78 is 0. The smallest absolute Gasteiger partial charge is 0.0236 e. The van der Waals surface area contributed by atoms with Crippen molar-refractivity contribution in [2.75, 3.05) is 6.54 Å². The highest BCUT2D eigenvalue weighted by Gasteiger charge is 2.29. The zero-order valence-electron chi connectivity index (χ0n) is 17.1. The minimum Gasteiger partial charge on any atom is -0.328 e. The van der Waals surface area contributed by atoms with Crippen molar-refractivity contribution in [3.8, 4) is 0 Å². The minimum absolute atomic E-state index is 0.490. The number of hydrogen-bond donors (Lipinski definition) is 1. The molecule has 1 aromatic carbocycles. The van der Waals surface area contributed by atoms with Crippen molar-refractivity contribution in [2.45, 2.75) is 90.3 Å². The summed E-state index contributed by atoms with van der Waals surface area (Å²) in [6, 6.07) is 12.3. The summed E-state index contributed by atoms with van der Waals surface area (Å²) in [5, 5.41) is 0. The van der Waals surface area contributed by atoms with Crippen LogP contribution < -0.4 is 5.73 Å². The molecule has 0 spiro atoms. The molecule has 0 heterocycles. The molecule has 2 saturated carbocycles. The fraction of sp³-hybridized carbons (Fsp3) is 0.750. The predicted octanol–water partition coefficient (Wildman–Crippen LogP) is 5.61. The predicted molar refractivity (Wildman–Crippen MR) is 112 cm³/mol. The number of benzene rings is 1. The van der Waals surface area contributed by atoms with Crippen LogP contribution in [0.1, 0.15) is 77.2 Å². The maximum Gasteiger partial charge on any atom is 0.0236 e. The van der Waals surface area contributed by atoms with Crippen LogP contribution in [0.5, 0.6) is 0 Å². The van der Waals surface area contributed by atoms with Crippen molar-refractivity contribution in [2.24, 2.45) is 23.5 Å². The Labute approximate surface area is 161 Å². The standard InChI is InChI=1S/C24H40N2/c1-19(2)17-26(18-22-6-4-3-5-7-22)24-14-10-21(11-15-24)16-20-8-12-23(25)13-9-20/h3-7,19-21,23-24H,8-18,25H2,1-2H3. The van der Waals surface area contributed by atoms with E-state index in [0.29, 0.717) is 6.04 Å².